The van der Waals surface area contributed by atoms with Crippen molar-refractivity contribution in [1.82, 2.24) is 10.2 Å². The van der Waals surface area contributed by atoms with E-state index >= 15 is 0 Å². The van der Waals surface area contributed by atoms with E-state index in [4.69, 9.17) is 0 Å². The number of nitrogens with one attached hydrogen (secondary N) is 2. The van der Waals surface area contributed by atoms with Gasteiger partial charge in [-0.25, -0.2) is 0 Å². The fourth-order valence-electron chi connectivity index (χ4n) is 3.66. The number of hydrogen-bond donors (Lipinski definition) is 2. The fraction of sp³-hybridized carbons (Fsp3) is 0.385. The van der Waals surface area contributed by atoms with E-state index in [2.05, 4.69) is 27.8 Å². The summed E-state index contributed by atoms with van der Waals surface area (Å²) in [6.07, 6.45) is 2.91. The van der Waals surface area contributed by atoms with Crippen molar-refractivity contribution in [2.45, 2.75) is 44.8 Å². The summed E-state index contributed by atoms with van der Waals surface area (Å²) in [5.41, 5.74) is 2.31. The van der Waals surface area contributed by atoms with Gasteiger partial charge in [0.2, 0.25) is 5.91 Å². The Morgan fingerprint density at radius 3 is 2.53 bits per heavy atom. The normalized spacial score (nSPS) is 15.1. The van der Waals surface area contributed by atoms with Crippen LogP contribution in [0.5, 0.6) is 0 Å². The minimum Gasteiger partial charge on any atom is -0.352 e. The topological polar surface area (TPSA) is 90.9 Å². The first-order chi connectivity index (χ1) is 16.5. The van der Waals surface area contributed by atoms with Crippen LogP contribution in [0, 0.1) is 0 Å². The smallest absolute Gasteiger partial charge is 0.262 e. The second-order valence-electron chi connectivity index (χ2n) is 8.04. The Hall–Kier alpha value is -3.13. The van der Waals surface area contributed by atoms with Gasteiger partial charge in [-0.05, 0) is 56.9 Å². The Kier molecular flexibility index (Phi) is 9.70. The highest BCUT2D eigenvalue weighted by Gasteiger charge is 2.32. The van der Waals surface area contributed by atoms with Crippen molar-refractivity contribution < 1.29 is 14.4 Å². The first-order valence-electron chi connectivity index (χ1n) is 11.8. The Bertz CT molecular complexity index is 1020. The van der Waals surface area contributed by atoms with Crippen LogP contribution in [0.4, 0.5) is 5.69 Å². The lowest BCUT2D eigenvalue weighted by Crippen LogP contribution is -2.28. The standard InChI is InChI=1S/C26H32N4O3S/c1-3-30(4-2)26-29-25(33)22(34-26)18-23(31)28-21-15-10-14-20(17-21)24(32)27-16-9-8-13-19-11-6-5-7-12-19/h5-7,10-12,14-15,17,22H,3-4,8-9,13,16,18H2,1-2H3,(H,27,32)(H,28,31)/t22-/m0/s1. The maximum atomic E-state index is 12.5. The molecule has 7 nitrogen and oxygen atoms in total. The number of aryl methyl sites for hydroxylation is 1. The summed E-state index contributed by atoms with van der Waals surface area (Å²) in [5, 5.41) is 5.90. The average Bonchev–Trinajstić information content (AvgIpc) is 3.19. The van der Waals surface area contributed by atoms with E-state index < -0.39 is 5.25 Å². The lowest BCUT2D eigenvalue weighted by molar-refractivity contribution is -0.121. The lowest BCUT2D eigenvalue weighted by atomic mass is 10.1. The summed E-state index contributed by atoms with van der Waals surface area (Å²) in [6.45, 7) is 6.13. The molecule has 1 aliphatic rings. The number of nitrogens with zero attached hydrogens (tertiary/aromatic N) is 2. The van der Waals surface area contributed by atoms with Crippen LogP contribution in [-0.4, -0.2) is 52.7 Å². The van der Waals surface area contributed by atoms with Crippen LogP contribution in [0.25, 0.3) is 0 Å². The zero-order chi connectivity index (χ0) is 24.3. The summed E-state index contributed by atoms with van der Waals surface area (Å²) in [5.74, 6) is -0.725. The minimum atomic E-state index is -0.516. The van der Waals surface area contributed by atoms with Gasteiger partial charge in [-0.3, -0.25) is 14.4 Å². The van der Waals surface area contributed by atoms with Crippen LogP contribution in [-0.2, 0) is 16.0 Å². The summed E-state index contributed by atoms with van der Waals surface area (Å²) >= 11 is 1.34. The first kappa shape index (κ1) is 25.5. The SMILES string of the molecule is CCN(CC)C1=NC(=O)[C@H](CC(=O)Nc2cccc(C(=O)NCCCCc3ccccc3)c2)S1. The van der Waals surface area contributed by atoms with Crippen LogP contribution in [0.3, 0.4) is 0 Å². The van der Waals surface area contributed by atoms with Gasteiger partial charge in [0.05, 0.1) is 0 Å². The van der Waals surface area contributed by atoms with E-state index in [1.54, 1.807) is 24.3 Å². The predicted molar refractivity (Wildman–Crippen MR) is 138 cm³/mol. The van der Waals surface area contributed by atoms with Crippen LogP contribution in [0.15, 0.2) is 59.6 Å². The third-order valence-corrected chi connectivity index (χ3v) is 6.78. The largest absolute Gasteiger partial charge is 0.352 e. The molecule has 2 aromatic carbocycles. The van der Waals surface area contributed by atoms with Gasteiger partial charge in [0.25, 0.3) is 11.8 Å². The van der Waals surface area contributed by atoms with Crippen molar-refractivity contribution in [3.63, 3.8) is 0 Å². The van der Waals surface area contributed by atoms with E-state index in [9.17, 15) is 14.4 Å². The number of thioether (sulfide) groups is 1. The lowest BCUT2D eigenvalue weighted by Gasteiger charge is -2.19. The number of rotatable bonds is 11. The molecule has 0 fully saturated rings. The minimum absolute atomic E-state index is 0.0373. The summed E-state index contributed by atoms with van der Waals surface area (Å²) in [6, 6.07) is 17.1. The highest BCUT2D eigenvalue weighted by Crippen LogP contribution is 2.27. The quantitative estimate of drug-likeness (QED) is 0.473. The Morgan fingerprint density at radius 2 is 1.79 bits per heavy atom. The molecule has 34 heavy (non-hydrogen) atoms. The van der Waals surface area contributed by atoms with Gasteiger partial charge < -0.3 is 15.5 Å². The van der Waals surface area contributed by atoms with E-state index in [1.165, 1.54) is 17.3 Å². The van der Waals surface area contributed by atoms with Gasteiger partial charge in [0.1, 0.15) is 5.25 Å². The second-order valence-corrected chi connectivity index (χ2v) is 9.21. The van der Waals surface area contributed by atoms with Gasteiger partial charge in [0.15, 0.2) is 5.17 Å². The number of benzene rings is 2. The predicted octanol–water partition coefficient (Wildman–Crippen LogP) is 4.11. The third-order valence-electron chi connectivity index (χ3n) is 5.56. The molecule has 0 bridgehead atoms. The van der Waals surface area contributed by atoms with E-state index in [-0.39, 0.29) is 24.1 Å². The Balaban J connectivity index is 1.43. The molecule has 8 heteroatoms. The Labute approximate surface area is 205 Å². The van der Waals surface area contributed by atoms with Crippen molar-refractivity contribution >= 4 is 40.3 Å². The molecule has 0 unspecified atom stereocenters. The molecule has 0 saturated carbocycles. The fourth-order valence-corrected chi connectivity index (χ4v) is 4.85. The number of amides is 3. The van der Waals surface area contributed by atoms with Crippen LogP contribution < -0.4 is 10.6 Å². The van der Waals surface area contributed by atoms with Gasteiger partial charge in [-0.2, -0.15) is 4.99 Å². The number of carbonyl (C=O) groups excluding carboxylic acids is 3. The van der Waals surface area contributed by atoms with Crippen LogP contribution in [0.2, 0.25) is 0 Å². The van der Waals surface area contributed by atoms with Crippen molar-refractivity contribution in [2.75, 3.05) is 25.0 Å². The number of carbonyl (C=O) groups is 3. The van der Waals surface area contributed by atoms with E-state index in [1.807, 2.05) is 36.9 Å². The molecular formula is C26H32N4O3S. The summed E-state index contributed by atoms with van der Waals surface area (Å²) < 4.78 is 0. The molecule has 3 amide bonds. The molecule has 2 N–H and O–H groups in total. The van der Waals surface area contributed by atoms with Gasteiger partial charge in [-0.15, -0.1) is 0 Å². The summed E-state index contributed by atoms with van der Waals surface area (Å²) in [7, 11) is 0. The second kappa shape index (κ2) is 12.9. The molecule has 180 valence electrons. The van der Waals surface area contributed by atoms with Crippen molar-refractivity contribution in [1.29, 1.82) is 0 Å². The maximum absolute atomic E-state index is 12.5. The number of hydrogen-bond acceptors (Lipinski definition) is 5. The zero-order valence-electron chi connectivity index (χ0n) is 19.8. The number of aliphatic imine (C=N–C) groups is 1. The first-order valence-corrected chi connectivity index (χ1v) is 12.6. The monoisotopic (exact) mass is 480 g/mol. The molecule has 1 atom stereocenters. The van der Waals surface area contributed by atoms with Crippen molar-refractivity contribution in [3.05, 3.63) is 65.7 Å². The molecule has 0 spiro atoms. The van der Waals surface area contributed by atoms with Gasteiger partial charge >= 0.3 is 0 Å². The molecule has 0 aromatic heterocycles. The molecule has 3 rings (SSSR count). The maximum Gasteiger partial charge on any atom is 0.262 e. The van der Waals surface area contributed by atoms with Crippen LogP contribution >= 0.6 is 11.8 Å². The highest BCUT2D eigenvalue weighted by molar-refractivity contribution is 8.15. The third kappa shape index (κ3) is 7.45. The number of amidine groups is 1. The Morgan fingerprint density at radius 1 is 1.03 bits per heavy atom. The average molecular weight is 481 g/mol. The molecule has 0 radical (unpaired) electrons. The molecule has 0 aliphatic carbocycles. The molecule has 1 aliphatic heterocycles. The van der Waals surface area contributed by atoms with Crippen molar-refractivity contribution in [2.24, 2.45) is 4.99 Å². The highest BCUT2D eigenvalue weighted by atomic mass is 32.2. The van der Waals surface area contributed by atoms with Crippen molar-refractivity contribution in [3.8, 4) is 0 Å². The zero-order valence-corrected chi connectivity index (χ0v) is 20.6. The van der Waals surface area contributed by atoms with Gasteiger partial charge in [0, 0.05) is 37.3 Å². The van der Waals surface area contributed by atoms with Gasteiger partial charge in [-0.1, -0.05) is 48.2 Å². The van der Waals surface area contributed by atoms with E-state index in [0.717, 1.165) is 32.4 Å². The summed E-state index contributed by atoms with van der Waals surface area (Å²) in [4.78, 5) is 43.4. The van der Waals surface area contributed by atoms with Crippen LogP contribution in [0.1, 0.15) is 49.0 Å². The van der Waals surface area contributed by atoms with E-state index in [0.29, 0.717) is 23.0 Å². The number of unbranched alkanes of at least 4 members (excludes halogenated alkanes) is 1. The number of anilines is 1. The molecular weight excluding hydrogens is 448 g/mol. The molecule has 2 aromatic rings. The molecule has 0 saturated heterocycles. The molecule has 1 heterocycles.